The Balaban J connectivity index is 1.88. The minimum Gasteiger partial charge on any atom is -0.452 e. The molecule has 0 aliphatic carbocycles. The molecule has 5 nitrogen and oxygen atoms in total. The fourth-order valence-electron chi connectivity index (χ4n) is 2.45. The molecule has 0 unspecified atom stereocenters. The summed E-state index contributed by atoms with van der Waals surface area (Å²) in [5, 5.41) is 2.74. The van der Waals surface area contributed by atoms with Gasteiger partial charge in [0.25, 0.3) is 5.91 Å². The van der Waals surface area contributed by atoms with Crippen LogP contribution in [0.4, 0.5) is 11.4 Å². The van der Waals surface area contributed by atoms with E-state index in [1.54, 1.807) is 18.2 Å². The summed E-state index contributed by atoms with van der Waals surface area (Å²) < 4.78 is 5.11. The molecule has 2 aromatic rings. The lowest BCUT2D eigenvalue weighted by Crippen LogP contribution is -2.21. The lowest BCUT2D eigenvalue weighted by Gasteiger charge is -2.13. The van der Waals surface area contributed by atoms with E-state index >= 15 is 0 Å². The summed E-state index contributed by atoms with van der Waals surface area (Å²) in [7, 11) is 3.79. The molecule has 0 heterocycles. The number of rotatable bonds is 7. The summed E-state index contributed by atoms with van der Waals surface area (Å²) >= 11 is 0. The van der Waals surface area contributed by atoms with Crippen molar-refractivity contribution in [1.82, 2.24) is 0 Å². The number of benzene rings is 2. The van der Waals surface area contributed by atoms with Gasteiger partial charge in [-0.05, 0) is 48.2 Å². The second-order valence-electron chi connectivity index (χ2n) is 6.50. The first-order chi connectivity index (χ1) is 12.4. The van der Waals surface area contributed by atoms with E-state index in [0.717, 1.165) is 12.1 Å². The number of carbonyl (C=O) groups excluding carboxylic acids is 2. The van der Waals surface area contributed by atoms with Crippen LogP contribution in [0.2, 0.25) is 0 Å². The molecule has 0 spiro atoms. The SMILES string of the molecule is CC[C@@H](C)c1ccc(NC(=O)COC(=O)c2cccc(N(C)C)c2)cc1. The van der Waals surface area contributed by atoms with E-state index in [2.05, 4.69) is 19.2 Å². The van der Waals surface area contributed by atoms with Gasteiger partial charge in [-0.3, -0.25) is 4.79 Å². The molecule has 5 heteroatoms. The molecule has 0 aliphatic rings. The van der Waals surface area contributed by atoms with Crippen molar-refractivity contribution in [2.75, 3.05) is 30.9 Å². The second kappa shape index (κ2) is 9.04. The van der Waals surface area contributed by atoms with Crippen LogP contribution in [0.25, 0.3) is 0 Å². The van der Waals surface area contributed by atoms with E-state index in [4.69, 9.17) is 4.74 Å². The summed E-state index contributed by atoms with van der Waals surface area (Å²) in [5.74, 6) is -0.395. The molecular weight excluding hydrogens is 328 g/mol. The number of anilines is 2. The standard InChI is InChI=1S/C21H26N2O3/c1-5-15(2)16-9-11-18(12-10-16)22-20(24)14-26-21(25)17-7-6-8-19(13-17)23(3)4/h6-13,15H,5,14H2,1-4H3,(H,22,24)/t15-/m1/s1. The predicted octanol–water partition coefficient (Wildman–Crippen LogP) is 4.06. The zero-order valence-corrected chi connectivity index (χ0v) is 15.8. The Hall–Kier alpha value is -2.82. The van der Waals surface area contributed by atoms with E-state index in [-0.39, 0.29) is 12.5 Å². The van der Waals surface area contributed by atoms with Crippen LogP contribution >= 0.6 is 0 Å². The molecule has 0 aliphatic heterocycles. The summed E-state index contributed by atoms with van der Waals surface area (Å²) in [4.78, 5) is 26.0. The van der Waals surface area contributed by atoms with Gasteiger partial charge in [-0.15, -0.1) is 0 Å². The topological polar surface area (TPSA) is 58.6 Å². The van der Waals surface area contributed by atoms with Crippen molar-refractivity contribution in [2.45, 2.75) is 26.2 Å². The number of esters is 1. The molecule has 138 valence electrons. The first kappa shape index (κ1) is 19.5. The molecule has 2 aromatic carbocycles. The monoisotopic (exact) mass is 354 g/mol. The van der Waals surface area contributed by atoms with Crippen LogP contribution < -0.4 is 10.2 Å². The van der Waals surface area contributed by atoms with Crippen molar-refractivity contribution in [3.63, 3.8) is 0 Å². The zero-order chi connectivity index (χ0) is 19.1. The quantitative estimate of drug-likeness (QED) is 0.762. The van der Waals surface area contributed by atoms with Crippen molar-refractivity contribution in [1.29, 1.82) is 0 Å². The van der Waals surface area contributed by atoms with Crippen LogP contribution in [0.5, 0.6) is 0 Å². The Morgan fingerprint density at radius 2 is 1.81 bits per heavy atom. The summed E-state index contributed by atoms with van der Waals surface area (Å²) in [6.07, 6.45) is 1.07. The van der Waals surface area contributed by atoms with Crippen molar-refractivity contribution in [3.05, 3.63) is 59.7 Å². The molecule has 2 rings (SSSR count). The van der Waals surface area contributed by atoms with Crippen molar-refractivity contribution in [3.8, 4) is 0 Å². The molecule has 1 amide bonds. The maximum atomic E-state index is 12.1. The maximum absolute atomic E-state index is 12.1. The van der Waals surface area contributed by atoms with Crippen molar-refractivity contribution in [2.24, 2.45) is 0 Å². The maximum Gasteiger partial charge on any atom is 0.338 e. The van der Waals surface area contributed by atoms with Gasteiger partial charge in [-0.1, -0.05) is 32.0 Å². The first-order valence-electron chi connectivity index (χ1n) is 8.75. The molecule has 0 aromatic heterocycles. The number of carbonyl (C=O) groups is 2. The van der Waals surface area contributed by atoms with Crippen LogP contribution in [0.15, 0.2) is 48.5 Å². The smallest absolute Gasteiger partial charge is 0.338 e. The Kier molecular flexibility index (Phi) is 6.78. The minimum absolute atomic E-state index is 0.321. The van der Waals surface area contributed by atoms with Crippen LogP contribution in [0.3, 0.4) is 0 Å². The Labute approximate surface area is 155 Å². The number of hydrogen-bond donors (Lipinski definition) is 1. The van der Waals surface area contributed by atoms with Gasteiger partial charge in [0.1, 0.15) is 0 Å². The highest BCUT2D eigenvalue weighted by molar-refractivity contribution is 5.95. The van der Waals surface area contributed by atoms with Gasteiger partial charge in [0.15, 0.2) is 6.61 Å². The molecule has 0 fully saturated rings. The largest absolute Gasteiger partial charge is 0.452 e. The molecular formula is C21H26N2O3. The molecule has 0 bridgehead atoms. The van der Waals surface area contributed by atoms with E-state index < -0.39 is 5.97 Å². The van der Waals surface area contributed by atoms with Gasteiger partial charge < -0.3 is 15.0 Å². The molecule has 1 N–H and O–H groups in total. The summed E-state index contributed by atoms with van der Waals surface area (Å²) in [6.45, 7) is 3.99. The van der Waals surface area contributed by atoms with E-state index in [9.17, 15) is 9.59 Å². The molecule has 1 atom stereocenters. The zero-order valence-electron chi connectivity index (χ0n) is 15.8. The highest BCUT2D eigenvalue weighted by Crippen LogP contribution is 2.20. The molecule has 26 heavy (non-hydrogen) atoms. The second-order valence-corrected chi connectivity index (χ2v) is 6.50. The highest BCUT2D eigenvalue weighted by atomic mass is 16.5. The third kappa shape index (κ3) is 5.34. The van der Waals surface area contributed by atoms with Gasteiger partial charge in [0, 0.05) is 25.5 Å². The van der Waals surface area contributed by atoms with Gasteiger partial charge in [0.2, 0.25) is 0 Å². The molecule has 0 saturated carbocycles. The number of nitrogens with one attached hydrogen (secondary N) is 1. The average molecular weight is 354 g/mol. The highest BCUT2D eigenvalue weighted by Gasteiger charge is 2.12. The number of nitrogens with zero attached hydrogens (tertiary/aromatic N) is 1. The molecule has 0 radical (unpaired) electrons. The fraction of sp³-hybridized carbons (Fsp3) is 0.333. The number of amides is 1. The van der Waals surface area contributed by atoms with Crippen LogP contribution in [0.1, 0.15) is 42.1 Å². The summed E-state index contributed by atoms with van der Waals surface area (Å²) in [5.41, 5.74) is 3.23. The van der Waals surface area contributed by atoms with E-state index in [1.807, 2.05) is 49.3 Å². The minimum atomic E-state index is -0.518. The lowest BCUT2D eigenvalue weighted by atomic mass is 9.99. The number of hydrogen-bond acceptors (Lipinski definition) is 4. The Morgan fingerprint density at radius 3 is 2.42 bits per heavy atom. The summed E-state index contributed by atoms with van der Waals surface area (Å²) in [6, 6.07) is 14.8. The first-order valence-corrected chi connectivity index (χ1v) is 8.75. The lowest BCUT2D eigenvalue weighted by molar-refractivity contribution is -0.119. The van der Waals surface area contributed by atoms with Gasteiger partial charge in [0.05, 0.1) is 5.56 Å². The van der Waals surface area contributed by atoms with Gasteiger partial charge in [-0.2, -0.15) is 0 Å². The van der Waals surface area contributed by atoms with Crippen molar-refractivity contribution >= 4 is 23.3 Å². The van der Waals surface area contributed by atoms with E-state index in [1.165, 1.54) is 5.56 Å². The van der Waals surface area contributed by atoms with Gasteiger partial charge in [-0.25, -0.2) is 4.79 Å². The van der Waals surface area contributed by atoms with Crippen molar-refractivity contribution < 1.29 is 14.3 Å². The average Bonchev–Trinajstić information content (AvgIpc) is 2.66. The third-order valence-corrected chi connectivity index (χ3v) is 4.31. The molecule has 0 saturated heterocycles. The third-order valence-electron chi connectivity index (χ3n) is 4.31. The Morgan fingerprint density at radius 1 is 1.12 bits per heavy atom. The number of ether oxygens (including phenoxy) is 1. The normalized spacial score (nSPS) is 11.5. The van der Waals surface area contributed by atoms with Crippen LogP contribution in [0, 0.1) is 0 Å². The fourth-order valence-corrected chi connectivity index (χ4v) is 2.45. The Bertz CT molecular complexity index is 754. The van der Waals surface area contributed by atoms with E-state index in [0.29, 0.717) is 17.2 Å². The predicted molar refractivity (Wildman–Crippen MR) is 105 cm³/mol. The van der Waals surface area contributed by atoms with Crippen LogP contribution in [-0.2, 0) is 9.53 Å². The van der Waals surface area contributed by atoms with Gasteiger partial charge >= 0.3 is 5.97 Å². The van der Waals surface area contributed by atoms with Crippen LogP contribution in [-0.4, -0.2) is 32.6 Å².